The quantitative estimate of drug-likeness (QED) is 0.794. The first-order valence-electron chi connectivity index (χ1n) is 5.67. The van der Waals surface area contributed by atoms with Crippen molar-refractivity contribution >= 4 is 17.3 Å². The highest BCUT2D eigenvalue weighted by atomic mass is 16.1. The fourth-order valence-electron chi connectivity index (χ4n) is 1.63. The summed E-state index contributed by atoms with van der Waals surface area (Å²) in [7, 11) is 0. The van der Waals surface area contributed by atoms with E-state index in [0.717, 1.165) is 11.3 Å². The summed E-state index contributed by atoms with van der Waals surface area (Å²) < 4.78 is 0. The number of benzene rings is 1. The van der Waals surface area contributed by atoms with Crippen molar-refractivity contribution < 1.29 is 4.79 Å². The summed E-state index contributed by atoms with van der Waals surface area (Å²) in [5.41, 5.74) is 9.20. The highest BCUT2D eigenvalue weighted by molar-refractivity contribution is 6.03. The second-order valence-electron chi connectivity index (χ2n) is 4.19. The normalized spacial score (nSPS) is 10.1. The fourth-order valence-corrected chi connectivity index (χ4v) is 1.63. The largest absolute Gasteiger partial charge is 0.399 e. The molecule has 4 nitrogen and oxygen atoms in total. The van der Waals surface area contributed by atoms with Crippen molar-refractivity contribution in [3.8, 4) is 0 Å². The molecule has 0 saturated heterocycles. The molecule has 1 aromatic heterocycles. The zero-order chi connectivity index (χ0) is 13.1. The minimum atomic E-state index is -0.229. The fraction of sp³-hybridized carbons (Fsp3) is 0.143. The Morgan fingerprint density at radius 2 is 2.00 bits per heavy atom. The monoisotopic (exact) mass is 241 g/mol. The molecular weight excluding hydrogens is 226 g/mol. The number of pyridine rings is 1. The van der Waals surface area contributed by atoms with Gasteiger partial charge in [-0.2, -0.15) is 0 Å². The zero-order valence-corrected chi connectivity index (χ0v) is 10.4. The average molecular weight is 241 g/mol. The van der Waals surface area contributed by atoms with Crippen LogP contribution in [-0.2, 0) is 0 Å². The lowest BCUT2D eigenvalue weighted by molar-refractivity contribution is 0.102. The van der Waals surface area contributed by atoms with E-state index in [0.29, 0.717) is 17.1 Å². The molecule has 0 saturated carbocycles. The highest BCUT2D eigenvalue weighted by Gasteiger charge is 2.09. The summed E-state index contributed by atoms with van der Waals surface area (Å²) in [6.45, 7) is 3.77. The molecule has 0 bridgehead atoms. The smallest absolute Gasteiger partial charge is 0.274 e. The number of aromatic nitrogens is 1. The Morgan fingerprint density at radius 1 is 1.22 bits per heavy atom. The zero-order valence-electron chi connectivity index (χ0n) is 10.4. The van der Waals surface area contributed by atoms with Crippen molar-refractivity contribution in [2.45, 2.75) is 13.8 Å². The minimum Gasteiger partial charge on any atom is -0.399 e. The number of anilines is 2. The van der Waals surface area contributed by atoms with Gasteiger partial charge in [-0.3, -0.25) is 4.79 Å². The van der Waals surface area contributed by atoms with Gasteiger partial charge < -0.3 is 11.1 Å². The van der Waals surface area contributed by atoms with Gasteiger partial charge in [0.2, 0.25) is 0 Å². The van der Waals surface area contributed by atoms with Crippen LogP contribution in [0.1, 0.15) is 21.7 Å². The Kier molecular flexibility index (Phi) is 3.28. The van der Waals surface area contributed by atoms with Crippen LogP contribution in [0.4, 0.5) is 11.4 Å². The predicted octanol–water partition coefficient (Wildman–Crippen LogP) is 2.53. The van der Waals surface area contributed by atoms with Gasteiger partial charge in [-0.1, -0.05) is 12.1 Å². The summed E-state index contributed by atoms with van der Waals surface area (Å²) >= 11 is 0. The van der Waals surface area contributed by atoms with Crippen LogP contribution in [0.3, 0.4) is 0 Å². The Labute approximate surface area is 106 Å². The van der Waals surface area contributed by atoms with Gasteiger partial charge in [0, 0.05) is 17.1 Å². The van der Waals surface area contributed by atoms with Gasteiger partial charge in [-0.15, -0.1) is 0 Å². The van der Waals surface area contributed by atoms with Gasteiger partial charge in [-0.05, 0) is 43.7 Å². The van der Waals surface area contributed by atoms with Crippen LogP contribution in [-0.4, -0.2) is 10.9 Å². The molecule has 0 atom stereocenters. The predicted molar refractivity (Wildman–Crippen MR) is 72.5 cm³/mol. The molecule has 2 rings (SSSR count). The molecule has 0 aliphatic rings. The van der Waals surface area contributed by atoms with E-state index < -0.39 is 0 Å². The van der Waals surface area contributed by atoms with Gasteiger partial charge >= 0.3 is 0 Å². The Bertz CT molecular complexity index is 593. The van der Waals surface area contributed by atoms with Crippen LogP contribution in [0.15, 0.2) is 36.4 Å². The van der Waals surface area contributed by atoms with E-state index in [2.05, 4.69) is 10.3 Å². The summed E-state index contributed by atoms with van der Waals surface area (Å²) in [6, 6.07) is 10.8. The molecule has 1 aromatic carbocycles. The third-order valence-corrected chi connectivity index (χ3v) is 2.63. The van der Waals surface area contributed by atoms with Crippen molar-refractivity contribution in [2.75, 3.05) is 11.1 Å². The maximum absolute atomic E-state index is 12.0. The van der Waals surface area contributed by atoms with Crippen LogP contribution in [0.2, 0.25) is 0 Å². The third kappa shape index (κ3) is 2.66. The number of carbonyl (C=O) groups is 1. The standard InChI is InChI=1S/C14H15N3O/c1-9-6-7-11(15)8-13(9)17-14(18)12-5-3-4-10(2)16-12/h3-8H,15H2,1-2H3,(H,17,18). The maximum Gasteiger partial charge on any atom is 0.274 e. The minimum absolute atomic E-state index is 0.229. The first-order chi connectivity index (χ1) is 8.56. The van der Waals surface area contributed by atoms with Crippen molar-refractivity contribution in [3.05, 3.63) is 53.3 Å². The lowest BCUT2D eigenvalue weighted by atomic mass is 10.1. The Hall–Kier alpha value is -2.36. The van der Waals surface area contributed by atoms with Crippen molar-refractivity contribution in [2.24, 2.45) is 0 Å². The van der Waals surface area contributed by atoms with Gasteiger partial charge in [-0.25, -0.2) is 4.98 Å². The second kappa shape index (κ2) is 4.87. The molecule has 0 aliphatic carbocycles. The van der Waals surface area contributed by atoms with E-state index in [1.54, 1.807) is 18.2 Å². The molecular formula is C14H15N3O. The third-order valence-electron chi connectivity index (χ3n) is 2.63. The number of carbonyl (C=O) groups excluding carboxylic acids is 1. The summed E-state index contributed by atoms with van der Waals surface area (Å²) in [6.07, 6.45) is 0. The molecule has 1 amide bonds. The molecule has 0 radical (unpaired) electrons. The molecule has 18 heavy (non-hydrogen) atoms. The highest BCUT2D eigenvalue weighted by Crippen LogP contribution is 2.18. The summed E-state index contributed by atoms with van der Waals surface area (Å²) in [4.78, 5) is 16.2. The average Bonchev–Trinajstić information content (AvgIpc) is 2.34. The Balaban J connectivity index is 2.24. The van der Waals surface area contributed by atoms with Crippen LogP contribution in [0, 0.1) is 13.8 Å². The molecule has 4 heteroatoms. The van der Waals surface area contributed by atoms with E-state index in [1.165, 1.54) is 0 Å². The van der Waals surface area contributed by atoms with Crippen LogP contribution in [0.25, 0.3) is 0 Å². The van der Waals surface area contributed by atoms with Crippen LogP contribution in [0.5, 0.6) is 0 Å². The molecule has 0 spiro atoms. The van der Waals surface area contributed by atoms with E-state index in [-0.39, 0.29) is 5.91 Å². The lowest BCUT2D eigenvalue weighted by Crippen LogP contribution is -2.14. The first-order valence-corrected chi connectivity index (χ1v) is 5.67. The van der Waals surface area contributed by atoms with E-state index in [1.807, 2.05) is 32.0 Å². The Morgan fingerprint density at radius 3 is 2.72 bits per heavy atom. The van der Waals surface area contributed by atoms with E-state index >= 15 is 0 Å². The van der Waals surface area contributed by atoms with Crippen LogP contribution >= 0.6 is 0 Å². The number of nitrogens with two attached hydrogens (primary N) is 1. The molecule has 1 heterocycles. The topological polar surface area (TPSA) is 68.0 Å². The number of nitrogens with one attached hydrogen (secondary N) is 1. The van der Waals surface area contributed by atoms with Gasteiger partial charge in [0.05, 0.1) is 0 Å². The van der Waals surface area contributed by atoms with E-state index in [4.69, 9.17) is 5.73 Å². The number of amides is 1. The lowest BCUT2D eigenvalue weighted by Gasteiger charge is -2.09. The number of nitrogen functional groups attached to an aromatic ring is 1. The van der Waals surface area contributed by atoms with Gasteiger partial charge in [0.25, 0.3) is 5.91 Å². The first kappa shape index (κ1) is 12.1. The molecule has 0 fully saturated rings. The molecule has 3 N–H and O–H groups in total. The number of rotatable bonds is 2. The maximum atomic E-state index is 12.0. The van der Waals surface area contributed by atoms with Gasteiger partial charge in [0.15, 0.2) is 0 Å². The van der Waals surface area contributed by atoms with Gasteiger partial charge in [0.1, 0.15) is 5.69 Å². The van der Waals surface area contributed by atoms with Crippen molar-refractivity contribution in [1.29, 1.82) is 0 Å². The molecule has 0 unspecified atom stereocenters. The number of hydrogen-bond acceptors (Lipinski definition) is 3. The second-order valence-corrected chi connectivity index (χ2v) is 4.19. The van der Waals surface area contributed by atoms with E-state index in [9.17, 15) is 4.79 Å². The molecule has 2 aromatic rings. The van der Waals surface area contributed by atoms with Crippen molar-refractivity contribution in [3.63, 3.8) is 0 Å². The van der Waals surface area contributed by atoms with Crippen molar-refractivity contribution in [1.82, 2.24) is 4.98 Å². The SMILES string of the molecule is Cc1cccc(C(=O)Nc2cc(N)ccc2C)n1. The summed E-state index contributed by atoms with van der Waals surface area (Å²) in [5.74, 6) is -0.229. The number of nitrogens with zero attached hydrogens (tertiary/aromatic N) is 1. The number of aryl methyl sites for hydroxylation is 2. The molecule has 92 valence electrons. The number of hydrogen-bond donors (Lipinski definition) is 2. The summed E-state index contributed by atoms with van der Waals surface area (Å²) in [5, 5.41) is 2.81. The molecule has 0 aliphatic heterocycles. The van der Waals surface area contributed by atoms with Crippen LogP contribution < -0.4 is 11.1 Å².